The molecule has 16 heavy (non-hydrogen) atoms. The van der Waals surface area contributed by atoms with Crippen molar-refractivity contribution >= 4 is 5.69 Å². The monoisotopic (exact) mass is 216 g/mol. The number of hydrogen-bond donors (Lipinski definition) is 1. The van der Waals surface area contributed by atoms with Gasteiger partial charge in [-0.25, -0.2) is 4.98 Å². The molecular formula is C12H16N4. The van der Waals surface area contributed by atoms with Gasteiger partial charge in [-0.3, -0.25) is 4.98 Å². The molecular weight excluding hydrogens is 200 g/mol. The van der Waals surface area contributed by atoms with Crippen LogP contribution in [-0.4, -0.2) is 14.5 Å². The highest BCUT2D eigenvalue weighted by atomic mass is 15.1. The Balaban J connectivity index is 2.05. The van der Waals surface area contributed by atoms with Crippen LogP contribution in [0.15, 0.2) is 30.7 Å². The first-order valence-corrected chi connectivity index (χ1v) is 5.46. The molecule has 84 valence electrons. The molecule has 0 amide bonds. The van der Waals surface area contributed by atoms with Gasteiger partial charge in [0.15, 0.2) is 0 Å². The number of imidazole rings is 1. The minimum absolute atomic E-state index is 0.730. The van der Waals surface area contributed by atoms with E-state index in [0.717, 1.165) is 30.3 Å². The van der Waals surface area contributed by atoms with Gasteiger partial charge in [0, 0.05) is 25.1 Å². The summed E-state index contributed by atoms with van der Waals surface area (Å²) < 4.78 is 2.12. The standard InChI is InChI=1S/C12H16N4/c1-3-16-8-7-14-12(16)9-15-11-5-4-6-13-10(11)2/h4-8,15H,3,9H2,1-2H3. The average molecular weight is 216 g/mol. The predicted octanol–water partition coefficient (Wildman–Crippen LogP) is 2.22. The largest absolute Gasteiger partial charge is 0.376 e. The van der Waals surface area contributed by atoms with Crippen molar-refractivity contribution in [2.45, 2.75) is 26.9 Å². The summed E-state index contributed by atoms with van der Waals surface area (Å²) in [6, 6.07) is 3.96. The van der Waals surface area contributed by atoms with Crippen molar-refractivity contribution in [3.63, 3.8) is 0 Å². The van der Waals surface area contributed by atoms with Gasteiger partial charge in [-0.1, -0.05) is 0 Å². The minimum Gasteiger partial charge on any atom is -0.376 e. The molecule has 2 aromatic rings. The summed E-state index contributed by atoms with van der Waals surface area (Å²) in [5.41, 5.74) is 2.07. The summed E-state index contributed by atoms with van der Waals surface area (Å²) in [6.07, 6.45) is 5.62. The maximum absolute atomic E-state index is 4.31. The quantitative estimate of drug-likeness (QED) is 0.852. The Bertz CT molecular complexity index is 462. The molecule has 0 saturated heterocycles. The zero-order valence-corrected chi connectivity index (χ0v) is 9.64. The second-order valence-electron chi connectivity index (χ2n) is 3.62. The summed E-state index contributed by atoms with van der Waals surface area (Å²) in [6.45, 7) is 5.78. The number of anilines is 1. The van der Waals surface area contributed by atoms with Gasteiger partial charge in [-0.05, 0) is 26.0 Å². The maximum Gasteiger partial charge on any atom is 0.128 e. The van der Waals surface area contributed by atoms with Crippen LogP contribution in [0.5, 0.6) is 0 Å². The van der Waals surface area contributed by atoms with Gasteiger partial charge in [0.1, 0.15) is 5.82 Å². The highest BCUT2D eigenvalue weighted by molar-refractivity contribution is 5.46. The molecule has 0 unspecified atom stereocenters. The van der Waals surface area contributed by atoms with E-state index in [0.29, 0.717) is 0 Å². The lowest BCUT2D eigenvalue weighted by Gasteiger charge is -2.09. The first kappa shape index (κ1) is 10.7. The van der Waals surface area contributed by atoms with E-state index in [1.165, 1.54) is 0 Å². The summed E-state index contributed by atoms with van der Waals surface area (Å²) in [7, 11) is 0. The number of aryl methyl sites for hydroxylation is 2. The number of nitrogens with zero attached hydrogens (tertiary/aromatic N) is 3. The van der Waals surface area contributed by atoms with E-state index in [-0.39, 0.29) is 0 Å². The molecule has 0 aliphatic rings. The fraction of sp³-hybridized carbons (Fsp3) is 0.333. The number of nitrogens with one attached hydrogen (secondary N) is 1. The first-order chi connectivity index (χ1) is 7.81. The minimum atomic E-state index is 0.730. The fourth-order valence-corrected chi connectivity index (χ4v) is 1.64. The lowest BCUT2D eigenvalue weighted by atomic mass is 10.3. The van der Waals surface area contributed by atoms with Crippen LogP contribution in [-0.2, 0) is 13.1 Å². The van der Waals surface area contributed by atoms with E-state index in [1.807, 2.05) is 31.5 Å². The van der Waals surface area contributed by atoms with E-state index in [1.54, 1.807) is 6.20 Å². The molecule has 0 radical (unpaired) electrons. The van der Waals surface area contributed by atoms with Crippen LogP contribution in [0.25, 0.3) is 0 Å². The Morgan fingerprint density at radius 1 is 1.31 bits per heavy atom. The van der Waals surface area contributed by atoms with Gasteiger partial charge < -0.3 is 9.88 Å². The third kappa shape index (κ3) is 2.21. The number of hydrogen-bond acceptors (Lipinski definition) is 3. The highest BCUT2D eigenvalue weighted by Gasteiger charge is 2.02. The second-order valence-corrected chi connectivity index (χ2v) is 3.62. The molecule has 0 aromatic carbocycles. The van der Waals surface area contributed by atoms with Gasteiger partial charge in [0.25, 0.3) is 0 Å². The fourth-order valence-electron chi connectivity index (χ4n) is 1.64. The average Bonchev–Trinajstić information content (AvgIpc) is 2.75. The third-order valence-corrected chi connectivity index (χ3v) is 2.59. The lowest BCUT2D eigenvalue weighted by molar-refractivity contribution is 0.708. The molecule has 0 atom stereocenters. The van der Waals surface area contributed by atoms with Crippen molar-refractivity contribution in [3.8, 4) is 0 Å². The first-order valence-electron chi connectivity index (χ1n) is 5.46. The van der Waals surface area contributed by atoms with Gasteiger partial charge >= 0.3 is 0 Å². The second kappa shape index (κ2) is 4.79. The Morgan fingerprint density at radius 2 is 2.19 bits per heavy atom. The molecule has 0 aliphatic heterocycles. The van der Waals surface area contributed by atoms with Crippen molar-refractivity contribution in [1.82, 2.24) is 14.5 Å². The van der Waals surface area contributed by atoms with Crippen LogP contribution >= 0.6 is 0 Å². The number of pyridine rings is 1. The molecule has 4 nitrogen and oxygen atoms in total. The molecule has 4 heteroatoms. The Hall–Kier alpha value is -1.84. The van der Waals surface area contributed by atoms with Crippen molar-refractivity contribution in [2.75, 3.05) is 5.32 Å². The molecule has 2 rings (SSSR count). The normalized spacial score (nSPS) is 10.4. The van der Waals surface area contributed by atoms with Crippen LogP contribution < -0.4 is 5.32 Å². The zero-order chi connectivity index (χ0) is 11.4. The van der Waals surface area contributed by atoms with E-state index < -0.39 is 0 Å². The maximum atomic E-state index is 4.31. The van der Waals surface area contributed by atoms with Crippen LogP contribution in [0.2, 0.25) is 0 Å². The van der Waals surface area contributed by atoms with E-state index in [4.69, 9.17) is 0 Å². The van der Waals surface area contributed by atoms with Gasteiger partial charge in [-0.2, -0.15) is 0 Å². The van der Waals surface area contributed by atoms with Crippen LogP contribution in [0.3, 0.4) is 0 Å². The molecule has 2 aromatic heterocycles. The van der Waals surface area contributed by atoms with E-state index in [2.05, 4.69) is 26.8 Å². The summed E-state index contributed by atoms with van der Waals surface area (Å²) >= 11 is 0. The van der Waals surface area contributed by atoms with Crippen LogP contribution in [0, 0.1) is 6.92 Å². The third-order valence-electron chi connectivity index (χ3n) is 2.59. The topological polar surface area (TPSA) is 42.7 Å². The number of rotatable bonds is 4. The van der Waals surface area contributed by atoms with Crippen LogP contribution in [0.4, 0.5) is 5.69 Å². The van der Waals surface area contributed by atoms with Gasteiger partial charge in [-0.15, -0.1) is 0 Å². The van der Waals surface area contributed by atoms with Crippen molar-refractivity contribution < 1.29 is 0 Å². The molecule has 0 bridgehead atoms. The molecule has 0 spiro atoms. The van der Waals surface area contributed by atoms with Gasteiger partial charge in [0.2, 0.25) is 0 Å². The molecule has 0 aliphatic carbocycles. The zero-order valence-electron chi connectivity index (χ0n) is 9.64. The van der Waals surface area contributed by atoms with Crippen LogP contribution in [0.1, 0.15) is 18.4 Å². The summed E-state index contributed by atoms with van der Waals surface area (Å²) in [4.78, 5) is 8.54. The molecule has 0 saturated carbocycles. The van der Waals surface area contributed by atoms with Gasteiger partial charge in [0.05, 0.1) is 17.9 Å². The Morgan fingerprint density at radius 3 is 2.94 bits per heavy atom. The smallest absolute Gasteiger partial charge is 0.128 e. The molecule has 0 fully saturated rings. The molecule has 1 N–H and O–H groups in total. The van der Waals surface area contributed by atoms with Crippen molar-refractivity contribution in [3.05, 3.63) is 42.2 Å². The highest BCUT2D eigenvalue weighted by Crippen LogP contribution is 2.11. The summed E-state index contributed by atoms with van der Waals surface area (Å²) in [5, 5.41) is 3.34. The van der Waals surface area contributed by atoms with E-state index >= 15 is 0 Å². The van der Waals surface area contributed by atoms with E-state index in [9.17, 15) is 0 Å². The SMILES string of the molecule is CCn1ccnc1CNc1cccnc1C. The molecule has 2 heterocycles. The lowest BCUT2D eigenvalue weighted by Crippen LogP contribution is -2.08. The van der Waals surface area contributed by atoms with Crippen molar-refractivity contribution in [2.24, 2.45) is 0 Å². The summed E-state index contributed by atoms with van der Waals surface area (Å²) in [5.74, 6) is 1.05. The van der Waals surface area contributed by atoms with Crippen molar-refractivity contribution in [1.29, 1.82) is 0 Å². The predicted molar refractivity (Wildman–Crippen MR) is 64.2 cm³/mol. The Labute approximate surface area is 95.4 Å². The Kier molecular flexibility index (Phi) is 3.19. The number of aromatic nitrogens is 3.